The number of hydrogen-bond acceptors (Lipinski definition) is 3. The van der Waals surface area contributed by atoms with Gasteiger partial charge in [-0.15, -0.1) is 0 Å². The summed E-state index contributed by atoms with van der Waals surface area (Å²) >= 11 is 0. The van der Waals surface area contributed by atoms with Crippen LogP contribution in [0, 0.1) is 5.92 Å². The van der Waals surface area contributed by atoms with E-state index in [2.05, 4.69) is 33.7 Å². The molecule has 0 saturated heterocycles. The van der Waals surface area contributed by atoms with Crippen molar-refractivity contribution in [2.75, 3.05) is 18.9 Å². The van der Waals surface area contributed by atoms with Gasteiger partial charge in [0.05, 0.1) is 0 Å². The molecular formula is C12H20N4. The third-order valence-corrected chi connectivity index (χ3v) is 2.93. The fraction of sp³-hybridized carbons (Fsp3) is 0.667. The first-order chi connectivity index (χ1) is 7.70. The zero-order valence-electron chi connectivity index (χ0n) is 10.3. The van der Waals surface area contributed by atoms with Crippen molar-refractivity contribution in [2.24, 2.45) is 10.9 Å². The SMILES string of the molecule is CN=c1cc2n(c(CCC(C)C)n1)CCN2. The number of nitrogens with one attached hydrogen (secondary N) is 1. The molecular weight excluding hydrogens is 200 g/mol. The maximum absolute atomic E-state index is 4.59. The second-order valence-electron chi connectivity index (χ2n) is 4.65. The molecule has 2 heterocycles. The Morgan fingerprint density at radius 1 is 1.56 bits per heavy atom. The predicted molar refractivity (Wildman–Crippen MR) is 65.4 cm³/mol. The van der Waals surface area contributed by atoms with Gasteiger partial charge in [0.25, 0.3) is 0 Å². The molecule has 0 unspecified atom stereocenters. The van der Waals surface area contributed by atoms with E-state index in [0.29, 0.717) is 0 Å². The van der Waals surface area contributed by atoms with Crippen LogP contribution in [0.4, 0.5) is 5.82 Å². The highest BCUT2D eigenvalue weighted by molar-refractivity contribution is 5.38. The van der Waals surface area contributed by atoms with Crippen molar-refractivity contribution in [3.63, 3.8) is 0 Å². The van der Waals surface area contributed by atoms with Gasteiger partial charge in [-0.1, -0.05) is 13.8 Å². The van der Waals surface area contributed by atoms with Crippen LogP contribution in [0.1, 0.15) is 26.1 Å². The number of fused-ring (bicyclic) bond motifs is 1. The summed E-state index contributed by atoms with van der Waals surface area (Å²) in [5.41, 5.74) is 0.833. The molecule has 0 radical (unpaired) electrons. The highest BCUT2D eigenvalue weighted by Crippen LogP contribution is 2.15. The van der Waals surface area contributed by atoms with E-state index >= 15 is 0 Å². The Balaban J connectivity index is 2.32. The fourth-order valence-corrected chi connectivity index (χ4v) is 1.98. The van der Waals surface area contributed by atoms with Gasteiger partial charge in [0, 0.05) is 32.6 Å². The number of nitrogens with zero attached hydrogens (tertiary/aromatic N) is 3. The number of anilines is 1. The van der Waals surface area contributed by atoms with Gasteiger partial charge >= 0.3 is 0 Å². The van der Waals surface area contributed by atoms with Gasteiger partial charge in [0.15, 0.2) is 5.49 Å². The van der Waals surface area contributed by atoms with E-state index in [4.69, 9.17) is 0 Å². The molecule has 88 valence electrons. The molecule has 1 aliphatic heterocycles. The monoisotopic (exact) mass is 220 g/mol. The van der Waals surface area contributed by atoms with Crippen molar-refractivity contribution in [3.05, 3.63) is 17.4 Å². The Bertz CT molecular complexity index is 431. The Kier molecular flexibility index (Phi) is 3.27. The first-order valence-electron chi connectivity index (χ1n) is 5.98. The van der Waals surface area contributed by atoms with Crippen LogP contribution in [0.15, 0.2) is 11.1 Å². The third kappa shape index (κ3) is 2.26. The van der Waals surface area contributed by atoms with Crippen LogP contribution < -0.4 is 10.8 Å². The number of hydrogen-bond donors (Lipinski definition) is 1. The van der Waals surface area contributed by atoms with Crippen molar-refractivity contribution in [1.82, 2.24) is 9.55 Å². The lowest BCUT2D eigenvalue weighted by atomic mass is 10.1. The lowest BCUT2D eigenvalue weighted by molar-refractivity contribution is 0.555. The zero-order valence-corrected chi connectivity index (χ0v) is 10.3. The summed E-state index contributed by atoms with van der Waals surface area (Å²) in [7, 11) is 1.79. The quantitative estimate of drug-likeness (QED) is 0.837. The minimum atomic E-state index is 0.717. The number of aryl methyl sites for hydroxylation is 1. The van der Waals surface area contributed by atoms with Crippen molar-refractivity contribution < 1.29 is 0 Å². The van der Waals surface area contributed by atoms with Gasteiger partial charge in [-0.2, -0.15) is 0 Å². The highest BCUT2D eigenvalue weighted by atomic mass is 15.2. The average Bonchev–Trinajstić information content (AvgIpc) is 2.73. The molecule has 0 aliphatic carbocycles. The first-order valence-corrected chi connectivity index (χ1v) is 5.98. The second kappa shape index (κ2) is 4.68. The summed E-state index contributed by atoms with van der Waals surface area (Å²) in [4.78, 5) is 8.76. The van der Waals surface area contributed by atoms with Gasteiger partial charge in [0.1, 0.15) is 11.6 Å². The van der Waals surface area contributed by atoms with E-state index in [1.165, 1.54) is 6.42 Å². The van der Waals surface area contributed by atoms with Crippen molar-refractivity contribution in [1.29, 1.82) is 0 Å². The molecule has 16 heavy (non-hydrogen) atoms. The van der Waals surface area contributed by atoms with Crippen LogP contribution in [0.3, 0.4) is 0 Å². The van der Waals surface area contributed by atoms with E-state index in [0.717, 1.165) is 42.6 Å². The summed E-state index contributed by atoms with van der Waals surface area (Å²) in [6.45, 7) is 6.53. The summed E-state index contributed by atoms with van der Waals surface area (Å²) in [6.07, 6.45) is 2.22. The van der Waals surface area contributed by atoms with E-state index in [-0.39, 0.29) is 0 Å². The molecule has 0 aromatic carbocycles. The minimum absolute atomic E-state index is 0.717. The van der Waals surface area contributed by atoms with Crippen LogP contribution >= 0.6 is 0 Å². The smallest absolute Gasteiger partial charge is 0.152 e. The summed E-state index contributed by atoms with van der Waals surface area (Å²) in [6, 6.07) is 2.02. The molecule has 1 aromatic rings. The fourth-order valence-electron chi connectivity index (χ4n) is 1.98. The Morgan fingerprint density at radius 2 is 2.38 bits per heavy atom. The van der Waals surface area contributed by atoms with Gasteiger partial charge in [-0.3, -0.25) is 4.99 Å². The van der Waals surface area contributed by atoms with E-state index in [1.807, 2.05) is 6.07 Å². The van der Waals surface area contributed by atoms with Crippen molar-refractivity contribution in [2.45, 2.75) is 33.2 Å². The largest absolute Gasteiger partial charge is 0.370 e. The standard InChI is InChI=1S/C12H20N4/c1-9(2)4-5-11-15-10(13-3)8-12-14-6-7-16(11)12/h8-9,14H,4-7H2,1-3H3. The van der Waals surface area contributed by atoms with Crippen molar-refractivity contribution >= 4 is 5.82 Å². The molecule has 4 nitrogen and oxygen atoms in total. The second-order valence-corrected chi connectivity index (χ2v) is 4.65. The van der Waals surface area contributed by atoms with E-state index in [1.54, 1.807) is 7.05 Å². The zero-order chi connectivity index (χ0) is 11.5. The molecule has 4 heteroatoms. The lowest BCUT2D eigenvalue weighted by Crippen LogP contribution is -2.17. The topological polar surface area (TPSA) is 42.2 Å². The first kappa shape index (κ1) is 11.2. The van der Waals surface area contributed by atoms with Gasteiger partial charge in [-0.05, 0) is 12.3 Å². The normalized spacial score (nSPS) is 15.4. The highest BCUT2D eigenvalue weighted by Gasteiger charge is 2.13. The maximum atomic E-state index is 4.59. The molecule has 1 aromatic heterocycles. The van der Waals surface area contributed by atoms with Gasteiger partial charge in [-0.25, -0.2) is 4.98 Å². The molecule has 1 N–H and O–H groups in total. The Morgan fingerprint density at radius 3 is 3.06 bits per heavy atom. The van der Waals surface area contributed by atoms with Gasteiger partial charge < -0.3 is 9.88 Å². The molecule has 0 bridgehead atoms. The van der Waals surface area contributed by atoms with Crippen LogP contribution in [-0.2, 0) is 13.0 Å². The molecule has 1 aliphatic rings. The molecule has 0 atom stereocenters. The molecule has 2 rings (SSSR count). The maximum Gasteiger partial charge on any atom is 0.152 e. The van der Waals surface area contributed by atoms with E-state index < -0.39 is 0 Å². The summed E-state index contributed by atoms with van der Waals surface area (Å²) in [5, 5.41) is 3.37. The molecule has 0 fully saturated rings. The summed E-state index contributed by atoms with van der Waals surface area (Å²) in [5.74, 6) is 3.04. The number of rotatable bonds is 3. The number of aromatic nitrogens is 2. The molecule has 0 spiro atoms. The van der Waals surface area contributed by atoms with Crippen LogP contribution in [0.2, 0.25) is 0 Å². The Labute approximate surface area is 96.4 Å². The summed E-state index contributed by atoms with van der Waals surface area (Å²) < 4.78 is 2.27. The molecule has 0 amide bonds. The lowest BCUT2D eigenvalue weighted by Gasteiger charge is -2.11. The van der Waals surface area contributed by atoms with Crippen LogP contribution in [0.25, 0.3) is 0 Å². The Hall–Kier alpha value is -1.32. The van der Waals surface area contributed by atoms with Crippen LogP contribution in [0.5, 0.6) is 0 Å². The molecule has 0 saturated carbocycles. The predicted octanol–water partition coefficient (Wildman–Crippen LogP) is 1.43. The third-order valence-electron chi connectivity index (χ3n) is 2.93. The van der Waals surface area contributed by atoms with Gasteiger partial charge in [0.2, 0.25) is 0 Å². The van der Waals surface area contributed by atoms with Crippen LogP contribution in [-0.4, -0.2) is 23.1 Å². The van der Waals surface area contributed by atoms with Crippen molar-refractivity contribution in [3.8, 4) is 0 Å². The van der Waals surface area contributed by atoms with E-state index in [9.17, 15) is 0 Å². The minimum Gasteiger partial charge on any atom is -0.370 e. The average molecular weight is 220 g/mol.